The van der Waals surface area contributed by atoms with Gasteiger partial charge < -0.3 is 25.3 Å². The lowest BCUT2D eigenvalue weighted by molar-refractivity contribution is -0.668. The van der Waals surface area contributed by atoms with E-state index in [0.29, 0.717) is 25.1 Å². The van der Waals surface area contributed by atoms with Crippen molar-refractivity contribution in [2.45, 2.75) is 59.7 Å². The number of aryl methyl sites for hydroxylation is 2. The molecular formula is C21H32N4O5. The maximum atomic E-state index is 12.4. The molecule has 0 radical (unpaired) electrons. The average molecular weight is 421 g/mol. The van der Waals surface area contributed by atoms with Crippen LogP contribution in [-0.4, -0.2) is 41.7 Å². The highest BCUT2D eigenvalue weighted by molar-refractivity contribution is 5.97. The van der Waals surface area contributed by atoms with Gasteiger partial charge in [0.2, 0.25) is 6.33 Å². The zero-order chi connectivity index (χ0) is 22.7. The number of nitrogens with zero attached hydrogens (tertiary/aromatic N) is 2. The number of hydrogen-bond donors (Lipinski definition) is 2. The van der Waals surface area contributed by atoms with Crippen LogP contribution in [0.3, 0.4) is 0 Å². The predicted octanol–water partition coefficient (Wildman–Crippen LogP) is 0.979. The van der Waals surface area contributed by atoms with Gasteiger partial charge in [-0.15, -0.1) is 0 Å². The standard InChI is InChI=1S/C20H30N4O3.CH2O2/c1-6-23-14-24(7-2)17-13-15(9-10-16(17)23)18(25)21-11-8-12-22-19(26)27-20(3,4)5;2-1-3/h9-10,13-14H,6-8,11-12H2,1-5H3,(H-,21,22,25,26);1H,(H,2,3). The summed E-state index contributed by atoms with van der Waals surface area (Å²) < 4.78 is 9.48. The zero-order valence-electron chi connectivity index (χ0n) is 18.4. The van der Waals surface area contributed by atoms with Crippen molar-refractivity contribution in [3.63, 3.8) is 0 Å². The summed E-state index contributed by atoms with van der Waals surface area (Å²) in [5, 5.41) is 13.8. The summed E-state index contributed by atoms with van der Waals surface area (Å²) in [6.07, 6.45) is 2.27. The van der Waals surface area contributed by atoms with Crippen LogP contribution in [0, 0.1) is 0 Å². The molecule has 166 valence electrons. The molecule has 0 saturated carbocycles. The Hall–Kier alpha value is -3.10. The van der Waals surface area contributed by atoms with E-state index in [1.54, 1.807) is 0 Å². The summed E-state index contributed by atoms with van der Waals surface area (Å²) in [5.74, 6) is -0.110. The van der Waals surface area contributed by atoms with E-state index in [1.807, 2.05) is 39.0 Å². The van der Waals surface area contributed by atoms with Crippen molar-refractivity contribution in [2.24, 2.45) is 0 Å². The Labute approximate surface area is 177 Å². The highest BCUT2D eigenvalue weighted by atomic mass is 16.6. The largest absolute Gasteiger partial charge is 0.554 e. The number of ether oxygens (including phenoxy) is 1. The van der Waals surface area contributed by atoms with E-state index in [9.17, 15) is 9.59 Å². The van der Waals surface area contributed by atoms with Gasteiger partial charge in [0.15, 0.2) is 11.0 Å². The molecule has 9 nitrogen and oxygen atoms in total. The molecule has 0 aliphatic carbocycles. The number of amides is 2. The van der Waals surface area contributed by atoms with Gasteiger partial charge in [-0.3, -0.25) is 4.79 Å². The molecule has 2 N–H and O–H groups in total. The van der Waals surface area contributed by atoms with Crippen LogP contribution in [0.1, 0.15) is 51.4 Å². The fourth-order valence-corrected chi connectivity index (χ4v) is 2.83. The number of carbonyl (C=O) groups excluding carboxylic acids is 3. The van der Waals surface area contributed by atoms with Crippen LogP contribution >= 0.6 is 0 Å². The van der Waals surface area contributed by atoms with Gasteiger partial charge in [-0.2, -0.15) is 0 Å². The topological polar surface area (TPSA) is 116 Å². The van der Waals surface area contributed by atoms with E-state index in [-0.39, 0.29) is 5.91 Å². The number of rotatable bonds is 7. The van der Waals surface area contributed by atoms with E-state index < -0.39 is 18.2 Å². The first-order chi connectivity index (χ1) is 14.2. The molecule has 0 aliphatic heterocycles. The zero-order valence-corrected chi connectivity index (χ0v) is 18.4. The van der Waals surface area contributed by atoms with Gasteiger partial charge in [0.1, 0.15) is 5.60 Å². The Morgan fingerprint density at radius 3 is 2.40 bits per heavy atom. The minimum Gasteiger partial charge on any atom is -0.554 e. The van der Waals surface area contributed by atoms with Crippen LogP contribution in [0.5, 0.6) is 0 Å². The number of carbonyl (C=O) groups is 3. The fraction of sp³-hybridized carbons (Fsp3) is 0.524. The number of benzene rings is 1. The van der Waals surface area contributed by atoms with Crippen LogP contribution in [0.15, 0.2) is 24.5 Å². The second-order valence-corrected chi connectivity index (χ2v) is 7.53. The average Bonchev–Trinajstić information content (AvgIpc) is 3.04. The minimum atomic E-state index is -0.511. The van der Waals surface area contributed by atoms with Gasteiger partial charge in [-0.25, -0.2) is 13.9 Å². The van der Waals surface area contributed by atoms with Crippen LogP contribution < -0.4 is 20.3 Å². The molecule has 0 fully saturated rings. The molecule has 0 unspecified atom stereocenters. The maximum absolute atomic E-state index is 12.4. The van der Waals surface area contributed by atoms with E-state index in [0.717, 1.165) is 24.1 Å². The first kappa shape index (κ1) is 24.9. The molecule has 0 spiro atoms. The third-order valence-electron chi connectivity index (χ3n) is 4.12. The molecule has 1 heterocycles. The van der Waals surface area contributed by atoms with Gasteiger partial charge >= 0.3 is 6.09 Å². The number of imidazole rings is 1. The Balaban J connectivity index is 0.00000141. The Bertz CT molecular complexity index is 855. The number of nitrogens with one attached hydrogen (secondary N) is 2. The van der Waals surface area contributed by atoms with Crippen LogP contribution in [0.4, 0.5) is 4.79 Å². The smallest absolute Gasteiger partial charge is 0.407 e. The minimum absolute atomic E-state index is 0.110. The molecule has 2 amide bonds. The van der Waals surface area contributed by atoms with Crippen molar-refractivity contribution < 1.29 is 28.8 Å². The molecule has 0 atom stereocenters. The third kappa shape index (κ3) is 7.73. The van der Waals surface area contributed by atoms with Crippen molar-refractivity contribution in [3.8, 4) is 0 Å². The monoisotopic (exact) mass is 420 g/mol. The Morgan fingerprint density at radius 1 is 1.20 bits per heavy atom. The summed E-state index contributed by atoms with van der Waals surface area (Å²) >= 11 is 0. The van der Waals surface area contributed by atoms with E-state index in [4.69, 9.17) is 14.6 Å². The van der Waals surface area contributed by atoms with Crippen LogP contribution in [0.25, 0.3) is 11.0 Å². The van der Waals surface area contributed by atoms with Crippen molar-refractivity contribution in [2.75, 3.05) is 13.1 Å². The van der Waals surface area contributed by atoms with Gasteiger partial charge in [-0.05, 0) is 53.2 Å². The number of carboxylic acid groups (broad SMARTS) is 1. The summed E-state index contributed by atoms with van der Waals surface area (Å²) in [6.45, 7) is 11.8. The molecule has 9 heteroatoms. The first-order valence-corrected chi connectivity index (χ1v) is 9.99. The summed E-state index contributed by atoms with van der Waals surface area (Å²) in [7, 11) is 0. The van der Waals surface area contributed by atoms with E-state index in [2.05, 4.69) is 39.9 Å². The van der Waals surface area contributed by atoms with Crippen LogP contribution in [-0.2, 0) is 22.6 Å². The summed E-state index contributed by atoms with van der Waals surface area (Å²) in [4.78, 5) is 32.2. The normalized spacial score (nSPS) is 10.7. The third-order valence-corrected chi connectivity index (χ3v) is 4.12. The van der Waals surface area contributed by atoms with Gasteiger partial charge in [0, 0.05) is 31.2 Å². The van der Waals surface area contributed by atoms with E-state index in [1.165, 1.54) is 0 Å². The molecule has 2 rings (SSSR count). The number of aromatic nitrogens is 2. The van der Waals surface area contributed by atoms with Gasteiger partial charge in [0.25, 0.3) is 5.91 Å². The molecule has 0 saturated heterocycles. The predicted molar refractivity (Wildman–Crippen MR) is 111 cm³/mol. The summed E-state index contributed by atoms with van der Waals surface area (Å²) in [5.41, 5.74) is 2.30. The lowest BCUT2D eigenvalue weighted by Crippen LogP contribution is -2.34. The van der Waals surface area contributed by atoms with Crippen molar-refractivity contribution in [3.05, 3.63) is 30.1 Å². The fourth-order valence-electron chi connectivity index (χ4n) is 2.83. The molecule has 0 aliphatic rings. The molecular weight excluding hydrogens is 388 g/mol. The number of hydrogen-bond acceptors (Lipinski definition) is 5. The maximum Gasteiger partial charge on any atom is 0.407 e. The quantitative estimate of drug-likeness (QED) is 0.393. The second kappa shape index (κ2) is 11.8. The van der Waals surface area contributed by atoms with Gasteiger partial charge in [-0.1, -0.05) is 0 Å². The van der Waals surface area contributed by atoms with Crippen molar-refractivity contribution >= 4 is 29.5 Å². The molecule has 0 bridgehead atoms. The Morgan fingerprint density at radius 2 is 1.83 bits per heavy atom. The Kier molecular flexibility index (Phi) is 9.80. The SMILES string of the molecule is CCn1c[n+](CC)c2ccc(C(=O)NCCCNC(=O)OC(C)(C)C)cc21.O=C[O-]. The van der Waals surface area contributed by atoms with Crippen LogP contribution in [0.2, 0.25) is 0 Å². The lowest BCUT2D eigenvalue weighted by atomic mass is 10.2. The van der Waals surface area contributed by atoms with Gasteiger partial charge in [0.05, 0.1) is 13.1 Å². The molecule has 2 aromatic rings. The van der Waals surface area contributed by atoms with Crippen molar-refractivity contribution in [1.82, 2.24) is 15.2 Å². The highest BCUT2D eigenvalue weighted by Crippen LogP contribution is 2.14. The molecule has 30 heavy (non-hydrogen) atoms. The molecule has 1 aromatic carbocycles. The lowest BCUT2D eigenvalue weighted by Gasteiger charge is -2.19. The number of alkyl carbamates (subject to hydrolysis) is 1. The van der Waals surface area contributed by atoms with Crippen molar-refractivity contribution in [1.29, 1.82) is 0 Å². The molecule has 1 aromatic heterocycles. The number of fused-ring (bicyclic) bond motifs is 1. The highest BCUT2D eigenvalue weighted by Gasteiger charge is 2.17. The second-order valence-electron chi connectivity index (χ2n) is 7.53. The summed E-state index contributed by atoms with van der Waals surface area (Å²) in [6, 6.07) is 5.77. The van der Waals surface area contributed by atoms with E-state index >= 15 is 0 Å². The first-order valence-electron chi connectivity index (χ1n) is 9.99.